The second-order valence-corrected chi connectivity index (χ2v) is 7.82. The number of pyridine rings is 1. The summed E-state index contributed by atoms with van der Waals surface area (Å²) in [5, 5.41) is 13.2. The van der Waals surface area contributed by atoms with Gasteiger partial charge in [-0.05, 0) is 70.3 Å². The predicted molar refractivity (Wildman–Crippen MR) is 115 cm³/mol. The molecule has 0 unspecified atom stereocenters. The standard InChI is InChI=1S/C24H18ClNO3/c1-13-10-15-11-16(25)2-3-17(15)23(19(13)12-21(27)28)18-4-5-20-22-14(7-9-29-20)6-8-26-24(18)22/h2-6,8,10-11H,7,9,12H2,1H3,(H,27,28). The van der Waals surface area contributed by atoms with Crippen molar-refractivity contribution in [2.24, 2.45) is 0 Å². The van der Waals surface area contributed by atoms with Crippen LogP contribution in [0.3, 0.4) is 0 Å². The van der Waals surface area contributed by atoms with Gasteiger partial charge < -0.3 is 9.84 Å². The van der Waals surface area contributed by atoms with E-state index in [1.165, 1.54) is 5.56 Å². The van der Waals surface area contributed by atoms with Gasteiger partial charge in [0.15, 0.2) is 0 Å². The number of hydrogen-bond donors (Lipinski definition) is 1. The molecule has 0 atom stereocenters. The molecular weight excluding hydrogens is 386 g/mol. The van der Waals surface area contributed by atoms with Gasteiger partial charge in [0, 0.05) is 28.6 Å². The average Bonchev–Trinajstić information content (AvgIpc) is 2.69. The SMILES string of the molecule is Cc1cc2cc(Cl)ccc2c(-c2ccc3c4c(ccnc24)CCO3)c1CC(=O)O. The van der Waals surface area contributed by atoms with Gasteiger partial charge in [-0.3, -0.25) is 9.78 Å². The third-order valence-electron chi connectivity index (χ3n) is 5.60. The molecule has 4 nitrogen and oxygen atoms in total. The van der Waals surface area contributed by atoms with E-state index in [1.54, 1.807) is 0 Å². The molecule has 0 aliphatic carbocycles. The van der Waals surface area contributed by atoms with Crippen LogP contribution in [0.4, 0.5) is 0 Å². The lowest BCUT2D eigenvalue weighted by Crippen LogP contribution is -2.10. The number of ether oxygens (including phenoxy) is 1. The first-order valence-electron chi connectivity index (χ1n) is 9.50. The predicted octanol–water partition coefficient (Wildman–Crippen LogP) is 5.58. The van der Waals surface area contributed by atoms with E-state index in [2.05, 4.69) is 4.98 Å². The van der Waals surface area contributed by atoms with E-state index in [-0.39, 0.29) is 6.42 Å². The normalized spacial score (nSPS) is 12.9. The molecule has 2 heterocycles. The largest absolute Gasteiger partial charge is 0.493 e. The summed E-state index contributed by atoms with van der Waals surface area (Å²) in [6.07, 6.45) is 2.60. The molecule has 144 valence electrons. The van der Waals surface area contributed by atoms with E-state index in [0.717, 1.165) is 56.1 Å². The number of nitrogens with zero attached hydrogens (tertiary/aromatic N) is 1. The molecule has 1 aliphatic heterocycles. The monoisotopic (exact) mass is 403 g/mol. The fourth-order valence-corrected chi connectivity index (χ4v) is 4.53. The molecule has 0 saturated carbocycles. The van der Waals surface area contributed by atoms with Crippen LogP contribution in [0.25, 0.3) is 32.8 Å². The maximum atomic E-state index is 11.7. The average molecular weight is 404 g/mol. The van der Waals surface area contributed by atoms with Crippen molar-refractivity contribution in [3.8, 4) is 16.9 Å². The molecule has 0 spiro atoms. The maximum Gasteiger partial charge on any atom is 0.307 e. The molecule has 1 aromatic heterocycles. The summed E-state index contributed by atoms with van der Waals surface area (Å²) in [6, 6.07) is 13.7. The van der Waals surface area contributed by atoms with Crippen molar-refractivity contribution in [3.63, 3.8) is 0 Å². The maximum absolute atomic E-state index is 11.7. The Labute approximate surface area is 172 Å². The van der Waals surface area contributed by atoms with Gasteiger partial charge in [-0.2, -0.15) is 0 Å². The van der Waals surface area contributed by atoms with Crippen LogP contribution in [0.5, 0.6) is 5.75 Å². The van der Waals surface area contributed by atoms with Crippen LogP contribution in [-0.4, -0.2) is 22.7 Å². The molecule has 0 radical (unpaired) electrons. The van der Waals surface area contributed by atoms with Crippen LogP contribution in [0.15, 0.2) is 48.7 Å². The molecule has 4 aromatic rings. The van der Waals surface area contributed by atoms with Crippen LogP contribution in [0.1, 0.15) is 16.7 Å². The number of hydrogen-bond acceptors (Lipinski definition) is 3. The van der Waals surface area contributed by atoms with Crippen molar-refractivity contribution in [1.29, 1.82) is 0 Å². The van der Waals surface area contributed by atoms with Crippen LogP contribution >= 0.6 is 11.6 Å². The number of aliphatic carboxylic acids is 1. The number of aryl methyl sites for hydroxylation is 1. The van der Waals surface area contributed by atoms with Crippen LogP contribution < -0.4 is 4.74 Å². The topological polar surface area (TPSA) is 59.4 Å². The summed E-state index contributed by atoms with van der Waals surface area (Å²) >= 11 is 6.23. The molecule has 5 rings (SSSR count). The Bertz CT molecular complexity index is 1300. The molecule has 3 aromatic carbocycles. The second kappa shape index (κ2) is 6.75. The number of aromatic nitrogens is 1. The summed E-state index contributed by atoms with van der Waals surface area (Å²) in [4.78, 5) is 16.3. The first-order valence-corrected chi connectivity index (χ1v) is 9.88. The van der Waals surface area contributed by atoms with Gasteiger partial charge in [-0.15, -0.1) is 0 Å². The molecular formula is C24H18ClNO3. The molecule has 0 fully saturated rings. The zero-order valence-electron chi connectivity index (χ0n) is 15.8. The second-order valence-electron chi connectivity index (χ2n) is 7.39. The zero-order valence-corrected chi connectivity index (χ0v) is 16.6. The van der Waals surface area contributed by atoms with Gasteiger partial charge in [0.2, 0.25) is 0 Å². The molecule has 1 N–H and O–H groups in total. The van der Waals surface area contributed by atoms with Gasteiger partial charge in [0.1, 0.15) is 5.75 Å². The van der Waals surface area contributed by atoms with E-state index in [1.807, 2.05) is 55.6 Å². The number of fused-ring (bicyclic) bond motifs is 1. The minimum atomic E-state index is -0.860. The lowest BCUT2D eigenvalue weighted by molar-refractivity contribution is -0.136. The fourth-order valence-electron chi connectivity index (χ4n) is 4.35. The van der Waals surface area contributed by atoms with E-state index in [4.69, 9.17) is 16.3 Å². The van der Waals surface area contributed by atoms with Crippen molar-refractivity contribution in [2.75, 3.05) is 6.61 Å². The lowest BCUT2D eigenvalue weighted by atomic mass is 9.87. The van der Waals surface area contributed by atoms with Crippen molar-refractivity contribution in [2.45, 2.75) is 19.8 Å². The highest BCUT2D eigenvalue weighted by atomic mass is 35.5. The Morgan fingerprint density at radius 2 is 2.07 bits per heavy atom. The number of carbonyl (C=O) groups is 1. The molecule has 0 amide bonds. The Morgan fingerprint density at radius 1 is 1.21 bits per heavy atom. The highest BCUT2D eigenvalue weighted by molar-refractivity contribution is 6.31. The van der Waals surface area contributed by atoms with Gasteiger partial charge in [0.05, 0.1) is 18.5 Å². The Kier molecular flexibility index (Phi) is 4.18. The summed E-state index contributed by atoms with van der Waals surface area (Å²) in [5.74, 6) is -0.0282. The smallest absolute Gasteiger partial charge is 0.307 e. The first-order chi connectivity index (χ1) is 14.0. The van der Waals surface area contributed by atoms with Gasteiger partial charge in [-0.1, -0.05) is 23.7 Å². The van der Waals surface area contributed by atoms with Gasteiger partial charge in [-0.25, -0.2) is 0 Å². The minimum Gasteiger partial charge on any atom is -0.493 e. The van der Waals surface area contributed by atoms with Crippen LogP contribution in [0, 0.1) is 6.92 Å². The molecule has 29 heavy (non-hydrogen) atoms. The molecule has 5 heteroatoms. The summed E-state index contributed by atoms with van der Waals surface area (Å²) in [7, 11) is 0. The number of carboxylic acid groups (broad SMARTS) is 1. The quantitative estimate of drug-likeness (QED) is 0.485. The first kappa shape index (κ1) is 18.0. The molecule has 1 aliphatic rings. The summed E-state index contributed by atoms with van der Waals surface area (Å²) in [6.45, 7) is 2.60. The minimum absolute atomic E-state index is 0.0564. The van der Waals surface area contributed by atoms with E-state index in [0.29, 0.717) is 11.6 Å². The fraction of sp³-hybridized carbons (Fsp3) is 0.167. The van der Waals surface area contributed by atoms with E-state index >= 15 is 0 Å². The number of halogens is 1. The number of rotatable bonds is 3. The third-order valence-corrected chi connectivity index (χ3v) is 5.83. The summed E-state index contributed by atoms with van der Waals surface area (Å²) < 4.78 is 5.86. The molecule has 0 saturated heterocycles. The zero-order chi connectivity index (χ0) is 20.1. The van der Waals surface area contributed by atoms with Crippen molar-refractivity contribution < 1.29 is 14.6 Å². The van der Waals surface area contributed by atoms with Gasteiger partial charge >= 0.3 is 5.97 Å². The van der Waals surface area contributed by atoms with Crippen molar-refractivity contribution in [3.05, 3.63) is 70.4 Å². The highest BCUT2D eigenvalue weighted by Gasteiger charge is 2.22. The Morgan fingerprint density at radius 3 is 2.90 bits per heavy atom. The molecule has 0 bridgehead atoms. The van der Waals surface area contributed by atoms with E-state index in [9.17, 15) is 9.90 Å². The van der Waals surface area contributed by atoms with Crippen molar-refractivity contribution in [1.82, 2.24) is 4.98 Å². The Balaban J connectivity index is 1.92. The van der Waals surface area contributed by atoms with Crippen LogP contribution in [0.2, 0.25) is 5.02 Å². The van der Waals surface area contributed by atoms with Gasteiger partial charge in [0.25, 0.3) is 0 Å². The number of benzene rings is 3. The highest BCUT2D eigenvalue weighted by Crippen LogP contribution is 2.42. The van der Waals surface area contributed by atoms with Crippen molar-refractivity contribution >= 4 is 39.2 Å². The third kappa shape index (κ3) is 2.91. The lowest BCUT2D eigenvalue weighted by Gasteiger charge is -2.21. The number of carboxylic acids is 1. The van der Waals surface area contributed by atoms with E-state index < -0.39 is 5.97 Å². The Hall–Kier alpha value is -3.11. The summed E-state index contributed by atoms with van der Waals surface area (Å²) in [5.41, 5.74) is 5.59. The van der Waals surface area contributed by atoms with Crippen LogP contribution in [-0.2, 0) is 17.6 Å².